The number of halogens is 4. The van der Waals surface area contributed by atoms with E-state index in [1.165, 1.54) is 36.1 Å². The molecule has 1 fully saturated rings. The number of nitrogens with zero attached hydrogens (tertiary/aromatic N) is 4. The predicted molar refractivity (Wildman–Crippen MR) is 111 cm³/mol. The fourth-order valence-corrected chi connectivity index (χ4v) is 3.97. The van der Waals surface area contributed by atoms with E-state index >= 15 is 0 Å². The number of amides is 1. The second-order valence-electron chi connectivity index (χ2n) is 7.56. The van der Waals surface area contributed by atoms with Gasteiger partial charge in [0.1, 0.15) is 11.9 Å². The van der Waals surface area contributed by atoms with E-state index in [-0.39, 0.29) is 29.9 Å². The average molecular weight is 448 g/mol. The van der Waals surface area contributed by atoms with Gasteiger partial charge in [-0.1, -0.05) is 24.3 Å². The molecule has 4 rings (SSSR count). The molecule has 0 aliphatic carbocycles. The number of para-hydroxylation sites is 3. The molecule has 1 aliphatic heterocycles. The van der Waals surface area contributed by atoms with E-state index in [4.69, 9.17) is 0 Å². The molecule has 1 saturated heterocycles. The Morgan fingerprint density at radius 3 is 2.28 bits per heavy atom. The molecule has 0 spiro atoms. The molecule has 0 saturated carbocycles. The Labute approximate surface area is 180 Å². The number of alkyl halides is 3. The normalized spacial score (nSPS) is 15.8. The van der Waals surface area contributed by atoms with E-state index in [0.29, 0.717) is 18.8 Å². The zero-order valence-corrected chi connectivity index (χ0v) is 17.1. The number of benzene rings is 2. The van der Waals surface area contributed by atoms with Gasteiger partial charge >= 0.3 is 6.18 Å². The van der Waals surface area contributed by atoms with Crippen molar-refractivity contribution in [1.82, 2.24) is 14.5 Å². The number of carbonyl (C=O) groups excluding carboxylic acids is 1. The van der Waals surface area contributed by atoms with Crippen molar-refractivity contribution in [3.8, 4) is 0 Å². The summed E-state index contributed by atoms with van der Waals surface area (Å²) < 4.78 is 55.1. The number of fused-ring (bicyclic) bond motifs is 1. The van der Waals surface area contributed by atoms with Gasteiger partial charge in [-0.15, -0.1) is 0 Å². The summed E-state index contributed by atoms with van der Waals surface area (Å²) in [6.07, 6.45) is -4.95. The lowest BCUT2D eigenvalue weighted by Crippen LogP contribution is -2.51. The van der Waals surface area contributed by atoms with Gasteiger partial charge in [0, 0.05) is 26.2 Å². The third-order valence-electron chi connectivity index (χ3n) is 5.59. The van der Waals surface area contributed by atoms with E-state index < -0.39 is 29.4 Å². The number of carbonyl (C=O) groups is 1. The SMILES string of the molecule is CC(C(=O)N1CCN(c2ccccc2F)CC1)n1c(=O)c(C(F)(F)F)nc2ccccc21. The number of rotatable bonds is 3. The fraction of sp³-hybridized carbons (Fsp3) is 0.318. The quantitative estimate of drug-likeness (QED) is 0.576. The van der Waals surface area contributed by atoms with Crippen molar-refractivity contribution in [2.75, 3.05) is 31.1 Å². The summed E-state index contributed by atoms with van der Waals surface area (Å²) in [5.41, 5.74) is -2.36. The Morgan fingerprint density at radius 2 is 1.62 bits per heavy atom. The average Bonchev–Trinajstić information content (AvgIpc) is 2.77. The summed E-state index contributed by atoms with van der Waals surface area (Å²) in [4.78, 5) is 32.6. The van der Waals surface area contributed by atoms with Crippen molar-refractivity contribution in [2.24, 2.45) is 0 Å². The van der Waals surface area contributed by atoms with Crippen molar-refractivity contribution < 1.29 is 22.4 Å². The predicted octanol–water partition coefficient (Wildman–Crippen LogP) is 3.46. The second-order valence-corrected chi connectivity index (χ2v) is 7.56. The fourth-order valence-electron chi connectivity index (χ4n) is 3.97. The molecule has 1 amide bonds. The third kappa shape index (κ3) is 3.92. The van der Waals surface area contributed by atoms with E-state index in [1.807, 2.05) is 0 Å². The zero-order valence-electron chi connectivity index (χ0n) is 17.1. The van der Waals surface area contributed by atoms with Crippen molar-refractivity contribution in [3.63, 3.8) is 0 Å². The highest BCUT2D eigenvalue weighted by Gasteiger charge is 2.39. The summed E-state index contributed by atoms with van der Waals surface area (Å²) in [7, 11) is 0. The first kappa shape index (κ1) is 21.8. The molecule has 1 aromatic heterocycles. The molecule has 3 aromatic rings. The van der Waals surface area contributed by atoms with E-state index in [2.05, 4.69) is 4.98 Å². The number of piperazine rings is 1. The summed E-state index contributed by atoms with van der Waals surface area (Å²) in [5, 5.41) is 0. The highest BCUT2D eigenvalue weighted by molar-refractivity contribution is 5.83. The van der Waals surface area contributed by atoms with Gasteiger partial charge in [0.05, 0.1) is 16.7 Å². The van der Waals surface area contributed by atoms with Crippen molar-refractivity contribution in [1.29, 1.82) is 0 Å². The molecule has 0 bridgehead atoms. The van der Waals surface area contributed by atoms with E-state index in [9.17, 15) is 27.2 Å². The van der Waals surface area contributed by atoms with Gasteiger partial charge in [0.15, 0.2) is 0 Å². The van der Waals surface area contributed by atoms with Crippen LogP contribution in [-0.2, 0) is 11.0 Å². The Balaban J connectivity index is 1.62. The number of hydrogen-bond donors (Lipinski definition) is 0. The van der Waals surface area contributed by atoms with Gasteiger partial charge in [-0.2, -0.15) is 13.2 Å². The molecule has 32 heavy (non-hydrogen) atoms. The second kappa shape index (κ2) is 8.25. The molecule has 0 radical (unpaired) electrons. The molecule has 1 aliphatic rings. The topological polar surface area (TPSA) is 58.4 Å². The van der Waals surface area contributed by atoms with Crippen LogP contribution in [0.15, 0.2) is 53.3 Å². The monoisotopic (exact) mass is 448 g/mol. The molecular formula is C22H20F4N4O2. The van der Waals surface area contributed by atoms with Crippen molar-refractivity contribution >= 4 is 22.6 Å². The molecule has 2 heterocycles. The molecule has 1 unspecified atom stereocenters. The molecule has 168 valence electrons. The van der Waals surface area contributed by atoms with Gasteiger partial charge in [-0.05, 0) is 31.2 Å². The van der Waals surface area contributed by atoms with Crippen LogP contribution < -0.4 is 10.5 Å². The Bertz CT molecular complexity index is 1220. The maximum atomic E-state index is 14.0. The van der Waals surface area contributed by atoms with Crippen LogP contribution in [0.25, 0.3) is 11.0 Å². The summed E-state index contributed by atoms with van der Waals surface area (Å²) in [6.45, 7) is 2.63. The highest BCUT2D eigenvalue weighted by atomic mass is 19.4. The van der Waals surface area contributed by atoms with Crippen LogP contribution in [-0.4, -0.2) is 46.5 Å². The smallest absolute Gasteiger partial charge is 0.366 e. The molecular weight excluding hydrogens is 428 g/mol. The van der Waals surface area contributed by atoms with E-state index in [1.54, 1.807) is 29.2 Å². The third-order valence-corrected chi connectivity index (χ3v) is 5.59. The molecule has 10 heteroatoms. The number of hydrogen-bond acceptors (Lipinski definition) is 4. The molecule has 1 atom stereocenters. The van der Waals surface area contributed by atoms with Gasteiger partial charge in [0.25, 0.3) is 5.56 Å². The lowest BCUT2D eigenvalue weighted by atomic mass is 10.2. The van der Waals surface area contributed by atoms with Gasteiger partial charge in [0.2, 0.25) is 11.6 Å². The number of anilines is 1. The minimum Gasteiger partial charge on any atom is -0.366 e. The lowest BCUT2D eigenvalue weighted by Gasteiger charge is -2.37. The maximum Gasteiger partial charge on any atom is 0.438 e. The maximum absolute atomic E-state index is 14.0. The standard InChI is InChI=1S/C22H20F4N4O2/c1-14(20(31)29-12-10-28(11-13-29)17-8-4-2-6-15(17)23)30-18-9-5-3-7-16(18)27-19(21(30)32)22(24,25)26/h2-9,14H,10-13H2,1H3. The number of aromatic nitrogens is 2. The van der Waals surface area contributed by atoms with Crippen LogP contribution in [0.4, 0.5) is 23.2 Å². The van der Waals surface area contributed by atoms with Gasteiger partial charge in [-0.3, -0.25) is 14.2 Å². The van der Waals surface area contributed by atoms with E-state index in [0.717, 1.165) is 4.57 Å². The lowest BCUT2D eigenvalue weighted by molar-refractivity contribution is -0.143. The van der Waals surface area contributed by atoms with Gasteiger partial charge < -0.3 is 9.80 Å². The van der Waals surface area contributed by atoms with Crippen LogP contribution >= 0.6 is 0 Å². The Kier molecular flexibility index (Phi) is 5.62. The van der Waals surface area contributed by atoms with Crippen molar-refractivity contribution in [2.45, 2.75) is 19.1 Å². The first-order valence-electron chi connectivity index (χ1n) is 10.0. The van der Waals surface area contributed by atoms with Gasteiger partial charge in [-0.25, -0.2) is 9.37 Å². The summed E-state index contributed by atoms with van der Waals surface area (Å²) in [5.74, 6) is -0.847. The largest absolute Gasteiger partial charge is 0.438 e. The molecule has 2 aromatic carbocycles. The minimum atomic E-state index is -4.95. The van der Waals surface area contributed by atoms with Crippen LogP contribution in [0.2, 0.25) is 0 Å². The highest BCUT2D eigenvalue weighted by Crippen LogP contribution is 2.28. The zero-order chi connectivity index (χ0) is 23.0. The first-order chi connectivity index (χ1) is 15.2. The molecule has 0 N–H and O–H groups in total. The summed E-state index contributed by atoms with van der Waals surface area (Å²) >= 11 is 0. The Morgan fingerprint density at radius 1 is 1.00 bits per heavy atom. The Hall–Kier alpha value is -3.43. The van der Waals surface area contributed by atoms with Crippen molar-refractivity contribution in [3.05, 3.63) is 70.4 Å². The van der Waals surface area contributed by atoms with Crippen LogP contribution in [0, 0.1) is 5.82 Å². The minimum absolute atomic E-state index is 0.0246. The van der Waals surface area contributed by atoms with Crippen LogP contribution in [0.5, 0.6) is 0 Å². The van der Waals surface area contributed by atoms with Crippen LogP contribution in [0.1, 0.15) is 18.7 Å². The van der Waals surface area contributed by atoms with Crippen LogP contribution in [0.3, 0.4) is 0 Å². The first-order valence-corrected chi connectivity index (χ1v) is 10.0. The summed E-state index contributed by atoms with van der Waals surface area (Å²) in [6, 6.07) is 11.1. The molecule has 6 nitrogen and oxygen atoms in total.